The maximum absolute atomic E-state index is 2.27. The van der Waals surface area contributed by atoms with Crippen LogP contribution in [0.1, 0.15) is 45.6 Å². The predicted octanol–water partition coefficient (Wildman–Crippen LogP) is 4.29. The second-order valence-electron chi connectivity index (χ2n) is 2.37. The first-order valence-electron chi connectivity index (χ1n) is 4.36. The second-order valence-corrected chi connectivity index (χ2v) is 3.15. The van der Waals surface area contributed by atoms with E-state index in [1.807, 2.05) is 13.8 Å². The van der Waals surface area contributed by atoms with E-state index in [1.54, 1.807) is 11.3 Å². The molecule has 1 atom stereocenters. The molecule has 0 bridgehead atoms. The zero-order valence-corrected chi connectivity index (χ0v) is 8.74. The van der Waals surface area contributed by atoms with E-state index in [1.165, 1.54) is 12.0 Å². The maximum Gasteiger partial charge on any atom is -0.00585 e. The van der Waals surface area contributed by atoms with Gasteiger partial charge in [-0.15, -0.1) is 0 Å². The van der Waals surface area contributed by atoms with Gasteiger partial charge in [-0.25, -0.2) is 0 Å². The third-order valence-corrected chi connectivity index (χ3v) is 2.43. The molecule has 0 amide bonds. The molecule has 1 unspecified atom stereocenters. The molecule has 1 aromatic heterocycles. The lowest BCUT2D eigenvalue weighted by Crippen LogP contribution is -1.85. The van der Waals surface area contributed by atoms with Crippen molar-refractivity contribution in [2.75, 3.05) is 0 Å². The fourth-order valence-corrected chi connectivity index (χ4v) is 1.57. The van der Waals surface area contributed by atoms with Gasteiger partial charge in [-0.3, -0.25) is 0 Å². The highest BCUT2D eigenvalue weighted by Crippen LogP contribution is 2.20. The van der Waals surface area contributed by atoms with Gasteiger partial charge in [0.2, 0.25) is 0 Å². The first kappa shape index (κ1) is 10.7. The van der Waals surface area contributed by atoms with Crippen LogP contribution >= 0.6 is 11.3 Å². The van der Waals surface area contributed by atoms with Crippen LogP contribution in [0.3, 0.4) is 0 Å². The molecule has 0 fully saturated rings. The molecule has 1 rings (SSSR count). The second kappa shape index (κ2) is 6.41. The van der Waals surface area contributed by atoms with Crippen molar-refractivity contribution >= 4 is 11.3 Å². The van der Waals surface area contributed by atoms with Crippen LogP contribution in [0.25, 0.3) is 0 Å². The lowest BCUT2D eigenvalue weighted by Gasteiger charge is -2.02. The molecule has 64 valence electrons. The van der Waals surface area contributed by atoms with Gasteiger partial charge in [0.15, 0.2) is 0 Å². The minimum atomic E-state index is 0.747. The van der Waals surface area contributed by atoms with Crippen molar-refractivity contribution < 1.29 is 0 Å². The van der Waals surface area contributed by atoms with Crippen molar-refractivity contribution in [3.8, 4) is 0 Å². The van der Waals surface area contributed by atoms with Gasteiger partial charge in [-0.2, -0.15) is 11.3 Å². The third-order valence-electron chi connectivity index (χ3n) is 1.72. The van der Waals surface area contributed by atoms with E-state index in [0.717, 1.165) is 5.92 Å². The summed E-state index contributed by atoms with van der Waals surface area (Å²) in [5, 5.41) is 4.37. The summed E-state index contributed by atoms with van der Waals surface area (Å²) >= 11 is 1.78. The van der Waals surface area contributed by atoms with Gasteiger partial charge < -0.3 is 0 Å². The zero-order chi connectivity index (χ0) is 8.69. The minimum Gasteiger partial charge on any atom is -0.152 e. The average Bonchev–Trinajstić information content (AvgIpc) is 2.59. The summed E-state index contributed by atoms with van der Waals surface area (Å²) in [6.07, 6.45) is 1.25. The topological polar surface area (TPSA) is 0 Å². The number of thiophene rings is 1. The van der Waals surface area contributed by atoms with E-state index in [4.69, 9.17) is 0 Å². The Hall–Kier alpha value is -0.300. The van der Waals surface area contributed by atoms with E-state index >= 15 is 0 Å². The summed E-state index contributed by atoms with van der Waals surface area (Å²) in [4.78, 5) is 0. The van der Waals surface area contributed by atoms with Crippen LogP contribution in [-0.2, 0) is 0 Å². The fraction of sp³-hybridized carbons (Fsp3) is 0.600. The standard InChI is InChI=1S/C8H12S.C2H6/c1-3-7(2)8-4-5-9-6-8;1-2/h4-7H,3H2,1-2H3;1-2H3. The van der Waals surface area contributed by atoms with Crippen molar-refractivity contribution in [3.05, 3.63) is 22.4 Å². The van der Waals surface area contributed by atoms with Crippen molar-refractivity contribution in [2.45, 2.75) is 40.0 Å². The van der Waals surface area contributed by atoms with E-state index in [2.05, 4.69) is 30.7 Å². The Morgan fingerprint density at radius 1 is 1.45 bits per heavy atom. The van der Waals surface area contributed by atoms with Gasteiger partial charge >= 0.3 is 0 Å². The largest absolute Gasteiger partial charge is 0.152 e. The molecule has 0 spiro atoms. The quantitative estimate of drug-likeness (QED) is 0.621. The molecule has 11 heavy (non-hydrogen) atoms. The molecule has 1 heterocycles. The van der Waals surface area contributed by atoms with E-state index in [0.29, 0.717) is 0 Å². The summed E-state index contributed by atoms with van der Waals surface area (Å²) in [5.74, 6) is 0.747. The minimum absolute atomic E-state index is 0.747. The van der Waals surface area contributed by atoms with Gasteiger partial charge in [0, 0.05) is 0 Å². The summed E-state index contributed by atoms with van der Waals surface area (Å²) in [7, 11) is 0. The molecule has 0 aliphatic carbocycles. The molecule has 0 radical (unpaired) electrons. The first-order valence-corrected chi connectivity index (χ1v) is 5.31. The molecule has 0 saturated heterocycles. The van der Waals surface area contributed by atoms with Gasteiger partial charge in [0.1, 0.15) is 0 Å². The van der Waals surface area contributed by atoms with Gasteiger partial charge in [-0.1, -0.05) is 27.7 Å². The summed E-state index contributed by atoms with van der Waals surface area (Å²) < 4.78 is 0. The van der Waals surface area contributed by atoms with Crippen molar-refractivity contribution in [1.29, 1.82) is 0 Å². The molecular formula is C10H18S. The average molecular weight is 170 g/mol. The smallest absolute Gasteiger partial charge is 0.00585 e. The molecule has 0 N–H and O–H groups in total. The lowest BCUT2D eigenvalue weighted by molar-refractivity contribution is 0.737. The fourth-order valence-electron chi connectivity index (χ4n) is 0.791. The van der Waals surface area contributed by atoms with Crippen LogP contribution in [0.15, 0.2) is 16.8 Å². The van der Waals surface area contributed by atoms with Gasteiger partial charge in [0.05, 0.1) is 0 Å². The highest BCUT2D eigenvalue weighted by Gasteiger charge is 2.00. The summed E-state index contributed by atoms with van der Waals surface area (Å²) in [5.41, 5.74) is 1.49. The summed E-state index contributed by atoms with van der Waals surface area (Å²) in [6.45, 7) is 8.49. The number of rotatable bonds is 2. The molecule has 0 saturated carbocycles. The van der Waals surface area contributed by atoms with Crippen LogP contribution in [0.2, 0.25) is 0 Å². The zero-order valence-electron chi connectivity index (χ0n) is 7.92. The van der Waals surface area contributed by atoms with Crippen molar-refractivity contribution in [2.24, 2.45) is 0 Å². The SMILES string of the molecule is CC.CCC(C)c1ccsc1. The van der Waals surface area contributed by atoms with Crippen molar-refractivity contribution in [3.63, 3.8) is 0 Å². The van der Waals surface area contributed by atoms with Crippen LogP contribution in [0.5, 0.6) is 0 Å². The van der Waals surface area contributed by atoms with Crippen LogP contribution in [-0.4, -0.2) is 0 Å². The van der Waals surface area contributed by atoms with E-state index in [9.17, 15) is 0 Å². The highest BCUT2D eigenvalue weighted by atomic mass is 32.1. The molecule has 0 aliphatic heterocycles. The van der Waals surface area contributed by atoms with E-state index in [-0.39, 0.29) is 0 Å². The van der Waals surface area contributed by atoms with Gasteiger partial charge in [-0.05, 0) is 34.7 Å². The Bertz CT molecular complexity index is 153. The van der Waals surface area contributed by atoms with Gasteiger partial charge in [0.25, 0.3) is 0 Å². The summed E-state index contributed by atoms with van der Waals surface area (Å²) in [6, 6.07) is 2.21. The Kier molecular flexibility index (Phi) is 6.24. The molecule has 0 aromatic carbocycles. The lowest BCUT2D eigenvalue weighted by atomic mass is 10.0. The molecule has 0 aliphatic rings. The normalized spacial score (nSPS) is 11.6. The molecular weight excluding hydrogens is 152 g/mol. The molecule has 1 heteroatoms. The Balaban J connectivity index is 0.000000461. The number of hydrogen-bond donors (Lipinski definition) is 0. The Morgan fingerprint density at radius 3 is 2.45 bits per heavy atom. The van der Waals surface area contributed by atoms with E-state index < -0.39 is 0 Å². The monoisotopic (exact) mass is 170 g/mol. The Morgan fingerprint density at radius 2 is 2.09 bits per heavy atom. The van der Waals surface area contributed by atoms with Crippen LogP contribution < -0.4 is 0 Å². The van der Waals surface area contributed by atoms with Crippen molar-refractivity contribution in [1.82, 2.24) is 0 Å². The maximum atomic E-state index is 2.27. The van der Waals surface area contributed by atoms with Crippen LogP contribution in [0.4, 0.5) is 0 Å². The first-order chi connectivity index (χ1) is 5.34. The third kappa shape index (κ3) is 3.57. The molecule has 1 aromatic rings. The predicted molar refractivity (Wildman–Crippen MR) is 54.4 cm³/mol. The molecule has 0 nitrogen and oxygen atoms in total. The van der Waals surface area contributed by atoms with Crippen LogP contribution in [0, 0.1) is 0 Å². The number of hydrogen-bond acceptors (Lipinski definition) is 1. The highest BCUT2D eigenvalue weighted by molar-refractivity contribution is 7.07. The Labute approximate surface area is 74.3 Å².